The summed E-state index contributed by atoms with van der Waals surface area (Å²) in [5.74, 6) is -0.227. The average Bonchev–Trinajstić information content (AvgIpc) is 2.34. The predicted octanol–water partition coefficient (Wildman–Crippen LogP) is 0.578. The number of rotatable bonds is 4. The van der Waals surface area contributed by atoms with Crippen molar-refractivity contribution in [2.75, 3.05) is 32.9 Å². The lowest BCUT2D eigenvalue weighted by Crippen LogP contribution is -2.39. The SMILES string of the molecule is Cc1cccc(N)c1C(=O)NCCNC(=O)N(C)C. The summed E-state index contributed by atoms with van der Waals surface area (Å²) in [6, 6.07) is 5.14. The molecule has 0 saturated carbocycles. The molecule has 6 nitrogen and oxygen atoms in total. The van der Waals surface area contributed by atoms with Gasteiger partial charge in [-0.05, 0) is 18.6 Å². The van der Waals surface area contributed by atoms with Crippen LogP contribution in [0.1, 0.15) is 15.9 Å². The van der Waals surface area contributed by atoms with Gasteiger partial charge in [0.2, 0.25) is 0 Å². The van der Waals surface area contributed by atoms with E-state index in [4.69, 9.17) is 5.73 Å². The van der Waals surface area contributed by atoms with Gasteiger partial charge in [0.25, 0.3) is 5.91 Å². The molecular weight excluding hydrogens is 244 g/mol. The predicted molar refractivity (Wildman–Crippen MR) is 75.0 cm³/mol. The highest BCUT2D eigenvalue weighted by Gasteiger charge is 2.11. The third-order valence-electron chi connectivity index (χ3n) is 2.63. The van der Waals surface area contributed by atoms with Gasteiger partial charge in [0.15, 0.2) is 0 Å². The second-order valence-electron chi connectivity index (χ2n) is 4.42. The van der Waals surface area contributed by atoms with Crippen molar-refractivity contribution >= 4 is 17.6 Å². The maximum absolute atomic E-state index is 12.0. The van der Waals surface area contributed by atoms with Gasteiger partial charge in [-0.25, -0.2) is 4.79 Å². The van der Waals surface area contributed by atoms with Gasteiger partial charge in [-0.15, -0.1) is 0 Å². The van der Waals surface area contributed by atoms with Crippen LogP contribution >= 0.6 is 0 Å². The first-order valence-electron chi connectivity index (χ1n) is 6.02. The van der Waals surface area contributed by atoms with Gasteiger partial charge in [0.05, 0.1) is 5.56 Å². The normalized spacial score (nSPS) is 9.84. The fourth-order valence-electron chi connectivity index (χ4n) is 1.59. The summed E-state index contributed by atoms with van der Waals surface area (Å²) in [5, 5.41) is 5.38. The smallest absolute Gasteiger partial charge is 0.316 e. The van der Waals surface area contributed by atoms with Crippen LogP contribution in [0.5, 0.6) is 0 Å². The monoisotopic (exact) mass is 264 g/mol. The first kappa shape index (κ1) is 14.8. The van der Waals surface area contributed by atoms with Gasteiger partial charge in [-0.1, -0.05) is 12.1 Å². The minimum atomic E-state index is -0.227. The van der Waals surface area contributed by atoms with Crippen LogP contribution in [0.15, 0.2) is 18.2 Å². The molecule has 1 rings (SSSR count). The number of urea groups is 1. The van der Waals surface area contributed by atoms with Crippen LogP contribution in [0.2, 0.25) is 0 Å². The van der Waals surface area contributed by atoms with E-state index in [1.54, 1.807) is 26.2 Å². The molecule has 0 aliphatic rings. The number of anilines is 1. The third kappa shape index (κ3) is 4.17. The van der Waals surface area contributed by atoms with Crippen LogP contribution in [-0.2, 0) is 0 Å². The Morgan fingerprint density at radius 3 is 2.42 bits per heavy atom. The molecule has 0 atom stereocenters. The van der Waals surface area contributed by atoms with E-state index in [1.165, 1.54) is 4.90 Å². The van der Waals surface area contributed by atoms with E-state index < -0.39 is 0 Å². The second-order valence-corrected chi connectivity index (χ2v) is 4.42. The van der Waals surface area contributed by atoms with Crippen LogP contribution in [0.25, 0.3) is 0 Å². The van der Waals surface area contributed by atoms with E-state index in [0.29, 0.717) is 24.3 Å². The van der Waals surface area contributed by atoms with Crippen LogP contribution in [-0.4, -0.2) is 44.0 Å². The number of amides is 3. The Morgan fingerprint density at radius 1 is 1.21 bits per heavy atom. The molecule has 4 N–H and O–H groups in total. The number of nitrogens with two attached hydrogens (primary N) is 1. The Hall–Kier alpha value is -2.24. The molecule has 6 heteroatoms. The zero-order valence-electron chi connectivity index (χ0n) is 11.5. The minimum absolute atomic E-state index is 0.190. The number of hydrogen-bond acceptors (Lipinski definition) is 3. The number of hydrogen-bond donors (Lipinski definition) is 3. The van der Waals surface area contributed by atoms with E-state index in [9.17, 15) is 9.59 Å². The molecule has 3 amide bonds. The van der Waals surface area contributed by atoms with Crippen molar-refractivity contribution in [3.63, 3.8) is 0 Å². The van der Waals surface area contributed by atoms with Crippen molar-refractivity contribution in [2.45, 2.75) is 6.92 Å². The molecule has 0 aromatic heterocycles. The van der Waals surface area contributed by atoms with Gasteiger partial charge >= 0.3 is 6.03 Å². The van der Waals surface area contributed by atoms with E-state index in [2.05, 4.69) is 10.6 Å². The third-order valence-corrected chi connectivity index (χ3v) is 2.63. The Labute approximate surface area is 113 Å². The summed E-state index contributed by atoms with van der Waals surface area (Å²) in [4.78, 5) is 24.6. The zero-order chi connectivity index (χ0) is 14.4. The summed E-state index contributed by atoms with van der Waals surface area (Å²) >= 11 is 0. The van der Waals surface area contributed by atoms with Crippen LogP contribution in [0.3, 0.4) is 0 Å². The lowest BCUT2D eigenvalue weighted by atomic mass is 10.1. The average molecular weight is 264 g/mol. The highest BCUT2D eigenvalue weighted by molar-refractivity contribution is 6.00. The number of benzene rings is 1. The first-order valence-corrected chi connectivity index (χ1v) is 6.02. The zero-order valence-corrected chi connectivity index (χ0v) is 11.5. The fraction of sp³-hybridized carbons (Fsp3) is 0.385. The van der Waals surface area contributed by atoms with Gasteiger partial charge in [-0.2, -0.15) is 0 Å². The molecular formula is C13H20N4O2. The molecule has 0 bridgehead atoms. The van der Waals surface area contributed by atoms with E-state index >= 15 is 0 Å². The second kappa shape index (κ2) is 6.63. The summed E-state index contributed by atoms with van der Waals surface area (Å²) < 4.78 is 0. The van der Waals surface area contributed by atoms with E-state index in [0.717, 1.165) is 5.56 Å². The lowest BCUT2D eigenvalue weighted by Gasteiger charge is -2.13. The number of carbonyl (C=O) groups is 2. The van der Waals surface area contributed by atoms with Crippen LogP contribution in [0.4, 0.5) is 10.5 Å². The molecule has 0 saturated heterocycles. The maximum Gasteiger partial charge on any atom is 0.316 e. The van der Waals surface area contributed by atoms with Crippen molar-refractivity contribution in [3.05, 3.63) is 29.3 Å². The Balaban J connectivity index is 2.46. The highest BCUT2D eigenvalue weighted by Crippen LogP contribution is 2.15. The molecule has 1 aromatic carbocycles. The maximum atomic E-state index is 12.0. The standard InChI is InChI=1S/C13H20N4O2/c1-9-5-4-6-10(14)11(9)12(18)15-7-8-16-13(19)17(2)3/h4-6H,7-8,14H2,1-3H3,(H,15,18)(H,16,19). The highest BCUT2D eigenvalue weighted by atomic mass is 16.2. The Bertz CT molecular complexity index is 451. The van der Waals surface area contributed by atoms with Gasteiger partial charge in [-0.3, -0.25) is 4.79 Å². The first-order chi connectivity index (χ1) is 8.93. The van der Waals surface area contributed by atoms with E-state index in [-0.39, 0.29) is 11.9 Å². The summed E-state index contributed by atoms with van der Waals surface area (Å²) in [6.07, 6.45) is 0. The molecule has 104 valence electrons. The van der Waals surface area contributed by atoms with Crippen molar-refractivity contribution < 1.29 is 9.59 Å². The Morgan fingerprint density at radius 2 is 1.84 bits per heavy atom. The van der Waals surface area contributed by atoms with Gasteiger partial charge in [0, 0.05) is 32.9 Å². The number of nitrogen functional groups attached to an aromatic ring is 1. The molecule has 0 aliphatic heterocycles. The molecule has 0 aliphatic carbocycles. The van der Waals surface area contributed by atoms with Crippen molar-refractivity contribution in [1.29, 1.82) is 0 Å². The van der Waals surface area contributed by atoms with Gasteiger partial charge < -0.3 is 21.3 Å². The van der Waals surface area contributed by atoms with Crippen molar-refractivity contribution in [2.24, 2.45) is 0 Å². The topological polar surface area (TPSA) is 87.5 Å². The number of carbonyl (C=O) groups excluding carboxylic acids is 2. The summed E-state index contributed by atoms with van der Waals surface area (Å²) in [7, 11) is 3.31. The molecule has 0 radical (unpaired) electrons. The van der Waals surface area contributed by atoms with Crippen LogP contribution in [0, 0.1) is 6.92 Å². The van der Waals surface area contributed by atoms with E-state index in [1.807, 2.05) is 13.0 Å². The molecule has 1 aromatic rings. The number of nitrogens with one attached hydrogen (secondary N) is 2. The molecule has 0 fully saturated rings. The molecule has 0 spiro atoms. The minimum Gasteiger partial charge on any atom is -0.398 e. The van der Waals surface area contributed by atoms with Crippen molar-refractivity contribution in [3.8, 4) is 0 Å². The Kier molecular flexibility index (Phi) is 5.17. The van der Waals surface area contributed by atoms with Gasteiger partial charge in [0.1, 0.15) is 0 Å². The lowest BCUT2D eigenvalue weighted by molar-refractivity contribution is 0.0954. The quantitative estimate of drug-likeness (QED) is 0.549. The number of nitrogens with zero attached hydrogens (tertiary/aromatic N) is 1. The van der Waals surface area contributed by atoms with Crippen LogP contribution < -0.4 is 16.4 Å². The van der Waals surface area contributed by atoms with Crippen molar-refractivity contribution in [1.82, 2.24) is 15.5 Å². The fourth-order valence-corrected chi connectivity index (χ4v) is 1.59. The molecule has 0 heterocycles. The molecule has 19 heavy (non-hydrogen) atoms. The largest absolute Gasteiger partial charge is 0.398 e. The number of aryl methyl sites for hydroxylation is 1. The molecule has 0 unspecified atom stereocenters. The summed E-state index contributed by atoms with van der Waals surface area (Å²) in [5.41, 5.74) is 7.55. The summed E-state index contributed by atoms with van der Waals surface area (Å²) in [6.45, 7) is 2.56.